The highest BCUT2D eigenvalue weighted by molar-refractivity contribution is 6.30. The summed E-state index contributed by atoms with van der Waals surface area (Å²) < 4.78 is 0. The summed E-state index contributed by atoms with van der Waals surface area (Å²) in [5.41, 5.74) is 3.91. The number of piperazine rings is 1. The molecule has 6 nitrogen and oxygen atoms in total. The Balaban J connectivity index is 1.30. The van der Waals surface area contributed by atoms with Crippen LogP contribution in [-0.2, 0) is 4.79 Å². The van der Waals surface area contributed by atoms with Crippen molar-refractivity contribution in [2.45, 2.75) is 6.92 Å². The van der Waals surface area contributed by atoms with Gasteiger partial charge in [-0.3, -0.25) is 9.69 Å². The lowest BCUT2D eigenvalue weighted by Crippen LogP contribution is -2.49. The topological polar surface area (TPSA) is 61.4 Å². The van der Waals surface area contributed by atoms with E-state index in [9.17, 15) is 4.79 Å². The number of hydrogen-bond acceptors (Lipinski definition) is 5. The van der Waals surface area contributed by atoms with Gasteiger partial charge in [-0.05, 0) is 43.3 Å². The SMILES string of the molecule is Cc1ccc(-c2nc(N3CCN(CC(=O)Nc4ccc(Cl)cc4)CC3)c3ccccc3n2)cc1. The number of carbonyl (C=O) groups is 1. The number of para-hydroxylation sites is 1. The number of anilines is 2. The van der Waals surface area contributed by atoms with Crippen molar-refractivity contribution in [3.8, 4) is 11.4 Å². The van der Waals surface area contributed by atoms with E-state index in [1.165, 1.54) is 5.56 Å². The van der Waals surface area contributed by atoms with Gasteiger partial charge in [0, 0.05) is 47.8 Å². The van der Waals surface area contributed by atoms with Gasteiger partial charge in [0.05, 0.1) is 12.1 Å². The number of halogens is 1. The van der Waals surface area contributed by atoms with Crippen molar-refractivity contribution >= 4 is 39.9 Å². The van der Waals surface area contributed by atoms with E-state index in [1.54, 1.807) is 12.1 Å². The number of hydrogen-bond donors (Lipinski definition) is 1. The zero-order valence-corrected chi connectivity index (χ0v) is 19.8. The van der Waals surface area contributed by atoms with Gasteiger partial charge in [-0.1, -0.05) is 53.6 Å². The Labute approximate surface area is 204 Å². The van der Waals surface area contributed by atoms with Crippen LogP contribution in [0.2, 0.25) is 5.02 Å². The molecule has 3 aromatic carbocycles. The van der Waals surface area contributed by atoms with Crippen molar-refractivity contribution in [1.29, 1.82) is 0 Å². The van der Waals surface area contributed by atoms with Crippen LogP contribution in [0.1, 0.15) is 5.56 Å². The Hall–Kier alpha value is -3.48. The molecule has 172 valence electrons. The summed E-state index contributed by atoms with van der Waals surface area (Å²) in [5, 5.41) is 4.64. The zero-order chi connectivity index (χ0) is 23.5. The third kappa shape index (κ3) is 5.03. The van der Waals surface area contributed by atoms with Crippen molar-refractivity contribution in [3.05, 3.63) is 83.4 Å². The van der Waals surface area contributed by atoms with Crippen LogP contribution < -0.4 is 10.2 Å². The number of rotatable bonds is 5. The number of aromatic nitrogens is 2. The number of amides is 1. The highest BCUT2D eigenvalue weighted by Crippen LogP contribution is 2.28. The van der Waals surface area contributed by atoms with Gasteiger partial charge >= 0.3 is 0 Å². The maximum atomic E-state index is 12.5. The van der Waals surface area contributed by atoms with Crippen LogP contribution in [0.5, 0.6) is 0 Å². The normalized spacial score (nSPS) is 14.4. The summed E-state index contributed by atoms with van der Waals surface area (Å²) in [4.78, 5) is 26.8. The maximum absolute atomic E-state index is 12.5. The Morgan fingerprint density at radius 3 is 2.35 bits per heavy atom. The molecule has 0 aliphatic carbocycles. The van der Waals surface area contributed by atoms with E-state index in [0.717, 1.165) is 60.0 Å². The molecule has 1 fully saturated rings. The largest absolute Gasteiger partial charge is 0.353 e. The predicted molar refractivity (Wildman–Crippen MR) is 138 cm³/mol. The number of carbonyl (C=O) groups excluding carboxylic acids is 1. The highest BCUT2D eigenvalue weighted by atomic mass is 35.5. The first kappa shape index (κ1) is 22.3. The number of nitrogens with zero attached hydrogens (tertiary/aromatic N) is 4. The number of benzene rings is 3. The molecule has 1 amide bonds. The second-order valence-electron chi connectivity index (χ2n) is 8.57. The molecule has 0 unspecified atom stereocenters. The fourth-order valence-electron chi connectivity index (χ4n) is 4.19. The molecule has 0 saturated carbocycles. The summed E-state index contributed by atoms with van der Waals surface area (Å²) in [6.45, 7) is 5.59. The van der Waals surface area contributed by atoms with Crippen molar-refractivity contribution < 1.29 is 4.79 Å². The van der Waals surface area contributed by atoms with Crippen LogP contribution in [0.4, 0.5) is 11.5 Å². The van der Waals surface area contributed by atoms with Gasteiger partial charge in [0.2, 0.25) is 5.91 Å². The minimum atomic E-state index is -0.0232. The van der Waals surface area contributed by atoms with E-state index in [4.69, 9.17) is 21.6 Å². The van der Waals surface area contributed by atoms with E-state index in [-0.39, 0.29) is 5.91 Å². The third-order valence-electron chi connectivity index (χ3n) is 6.06. The molecule has 34 heavy (non-hydrogen) atoms. The Morgan fingerprint density at radius 1 is 0.912 bits per heavy atom. The molecular weight excluding hydrogens is 446 g/mol. The standard InChI is InChI=1S/C27H26ClN5O/c1-19-6-8-20(9-7-19)26-30-24-5-3-2-4-23(24)27(31-26)33-16-14-32(15-17-33)18-25(34)29-22-12-10-21(28)11-13-22/h2-13H,14-18H2,1H3,(H,29,34). The average Bonchev–Trinajstić information content (AvgIpc) is 2.86. The summed E-state index contributed by atoms with van der Waals surface area (Å²) >= 11 is 5.92. The first-order valence-electron chi connectivity index (χ1n) is 11.4. The summed E-state index contributed by atoms with van der Waals surface area (Å²) in [5.74, 6) is 1.66. The molecule has 1 aliphatic rings. The molecule has 1 aliphatic heterocycles. The van der Waals surface area contributed by atoms with Crippen LogP contribution in [0.15, 0.2) is 72.8 Å². The van der Waals surface area contributed by atoms with Gasteiger partial charge in [0.25, 0.3) is 0 Å². The molecule has 0 radical (unpaired) electrons. The van der Waals surface area contributed by atoms with Gasteiger partial charge in [0.1, 0.15) is 5.82 Å². The van der Waals surface area contributed by atoms with Crippen molar-refractivity contribution in [3.63, 3.8) is 0 Å². The predicted octanol–water partition coefficient (Wildman–Crippen LogP) is 5.02. The van der Waals surface area contributed by atoms with Gasteiger partial charge in [-0.2, -0.15) is 0 Å². The second kappa shape index (κ2) is 9.79. The minimum Gasteiger partial charge on any atom is -0.353 e. The van der Waals surface area contributed by atoms with Crippen molar-refractivity contribution in [1.82, 2.24) is 14.9 Å². The molecule has 1 aromatic heterocycles. The van der Waals surface area contributed by atoms with Gasteiger partial charge in [-0.25, -0.2) is 9.97 Å². The fraction of sp³-hybridized carbons (Fsp3) is 0.222. The molecule has 0 atom stereocenters. The summed E-state index contributed by atoms with van der Waals surface area (Å²) in [6.07, 6.45) is 0. The lowest BCUT2D eigenvalue weighted by molar-refractivity contribution is -0.117. The summed E-state index contributed by atoms with van der Waals surface area (Å²) in [7, 11) is 0. The Morgan fingerprint density at radius 2 is 1.62 bits per heavy atom. The molecular formula is C27H26ClN5O. The molecule has 2 heterocycles. The second-order valence-corrected chi connectivity index (χ2v) is 9.01. The van der Waals surface area contributed by atoms with E-state index < -0.39 is 0 Å². The van der Waals surface area contributed by atoms with E-state index >= 15 is 0 Å². The van der Waals surface area contributed by atoms with Gasteiger partial charge in [-0.15, -0.1) is 0 Å². The molecule has 5 rings (SSSR count). The van der Waals surface area contributed by atoms with E-state index in [0.29, 0.717) is 11.6 Å². The number of aryl methyl sites for hydroxylation is 1. The molecule has 0 bridgehead atoms. The quantitative estimate of drug-likeness (QED) is 0.443. The third-order valence-corrected chi connectivity index (χ3v) is 6.31. The van der Waals surface area contributed by atoms with Crippen LogP contribution in [0.3, 0.4) is 0 Å². The molecule has 0 spiro atoms. The van der Waals surface area contributed by atoms with Crippen LogP contribution in [0.25, 0.3) is 22.3 Å². The van der Waals surface area contributed by atoms with Crippen LogP contribution in [0, 0.1) is 6.92 Å². The van der Waals surface area contributed by atoms with E-state index in [2.05, 4.69) is 52.4 Å². The monoisotopic (exact) mass is 471 g/mol. The zero-order valence-electron chi connectivity index (χ0n) is 19.0. The van der Waals surface area contributed by atoms with Gasteiger partial charge in [0.15, 0.2) is 5.82 Å². The smallest absolute Gasteiger partial charge is 0.238 e. The number of nitrogens with one attached hydrogen (secondary N) is 1. The summed E-state index contributed by atoms with van der Waals surface area (Å²) in [6, 6.07) is 23.6. The first-order chi connectivity index (χ1) is 16.5. The molecule has 1 N–H and O–H groups in total. The average molecular weight is 472 g/mol. The lowest BCUT2D eigenvalue weighted by atomic mass is 10.1. The number of fused-ring (bicyclic) bond motifs is 1. The first-order valence-corrected chi connectivity index (χ1v) is 11.8. The van der Waals surface area contributed by atoms with Crippen LogP contribution >= 0.6 is 11.6 Å². The van der Waals surface area contributed by atoms with Crippen LogP contribution in [-0.4, -0.2) is 53.5 Å². The van der Waals surface area contributed by atoms with Crippen molar-refractivity contribution in [2.24, 2.45) is 0 Å². The minimum absolute atomic E-state index is 0.0232. The maximum Gasteiger partial charge on any atom is 0.238 e. The molecule has 4 aromatic rings. The fourth-order valence-corrected chi connectivity index (χ4v) is 4.31. The lowest BCUT2D eigenvalue weighted by Gasteiger charge is -2.35. The van der Waals surface area contributed by atoms with E-state index in [1.807, 2.05) is 30.3 Å². The highest BCUT2D eigenvalue weighted by Gasteiger charge is 2.22. The molecule has 1 saturated heterocycles. The van der Waals surface area contributed by atoms with Crippen molar-refractivity contribution in [2.75, 3.05) is 42.9 Å². The van der Waals surface area contributed by atoms with Gasteiger partial charge < -0.3 is 10.2 Å². The Kier molecular flexibility index (Phi) is 6.43. The Bertz CT molecular complexity index is 1300. The molecule has 7 heteroatoms.